The van der Waals surface area contributed by atoms with Crippen LogP contribution in [0.3, 0.4) is 0 Å². The number of aromatic amines is 1. The summed E-state index contributed by atoms with van der Waals surface area (Å²) in [5.74, 6) is 0.748. The van der Waals surface area contributed by atoms with E-state index in [1.54, 1.807) is 24.0 Å². The van der Waals surface area contributed by atoms with Crippen LogP contribution >= 0.6 is 23.1 Å². The molecule has 0 saturated heterocycles. The molecule has 0 fully saturated rings. The highest BCUT2D eigenvalue weighted by Gasteiger charge is 2.09. The molecule has 1 amide bonds. The molecule has 0 aromatic carbocycles. The Balaban J connectivity index is 1.56. The molecule has 9 heteroatoms. The molecule has 3 rings (SSSR count). The second kappa shape index (κ2) is 6.46. The molecule has 0 spiro atoms. The fraction of sp³-hybridized carbons (Fsp3) is 0.0833. The summed E-state index contributed by atoms with van der Waals surface area (Å²) in [5.41, 5.74) is 0.900. The van der Waals surface area contributed by atoms with Gasteiger partial charge in [0.2, 0.25) is 11.1 Å². The second-order valence-electron chi connectivity index (χ2n) is 3.88. The summed E-state index contributed by atoms with van der Waals surface area (Å²) in [6.07, 6.45) is 5.02. The number of hydrogen-bond donors (Lipinski definition) is 2. The standard InChI is InChI=1S/C12H10N6OS2/c19-9(15-11-14-5-6-20-11)7-21-12-16-10(17-18-12)8-1-3-13-4-2-8/h1-6H,7H2,(H,14,15,19)(H,16,17,18). The van der Waals surface area contributed by atoms with E-state index in [2.05, 4.69) is 30.5 Å². The molecule has 0 bridgehead atoms. The first-order valence-electron chi connectivity index (χ1n) is 5.96. The van der Waals surface area contributed by atoms with E-state index in [9.17, 15) is 4.79 Å². The molecule has 2 N–H and O–H groups in total. The second-order valence-corrected chi connectivity index (χ2v) is 5.71. The minimum absolute atomic E-state index is 0.134. The lowest BCUT2D eigenvalue weighted by atomic mass is 10.3. The van der Waals surface area contributed by atoms with Gasteiger partial charge in [0.15, 0.2) is 11.0 Å². The third kappa shape index (κ3) is 3.64. The quantitative estimate of drug-likeness (QED) is 0.699. The van der Waals surface area contributed by atoms with Gasteiger partial charge in [0.05, 0.1) is 5.75 Å². The first kappa shape index (κ1) is 13.7. The van der Waals surface area contributed by atoms with Crippen LogP contribution < -0.4 is 5.32 Å². The molecule has 0 unspecified atom stereocenters. The van der Waals surface area contributed by atoms with Gasteiger partial charge < -0.3 is 5.32 Å². The zero-order valence-corrected chi connectivity index (χ0v) is 12.3. The minimum atomic E-state index is -0.134. The number of anilines is 1. The Hall–Kier alpha value is -2.26. The van der Waals surface area contributed by atoms with Crippen molar-refractivity contribution in [2.45, 2.75) is 5.16 Å². The normalized spacial score (nSPS) is 10.5. The van der Waals surface area contributed by atoms with Crippen molar-refractivity contribution < 1.29 is 4.79 Å². The van der Waals surface area contributed by atoms with Crippen LogP contribution in [0.1, 0.15) is 0 Å². The van der Waals surface area contributed by atoms with E-state index in [1.165, 1.54) is 23.1 Å². The molecular weight excluding hydrogens is 308 g/mol. The molecule has 21 heavy (non-hydrogen) atoms. The maximum Gasteiger partial charge on any atom is 0.236 e. The third-order valence-corrected chi connectivity index (χ3v) is 3.97. The van der Waals surface area contributed by atoms with Crippen LogP contribution in [0.25, 0.3) is 11.4 Å². The fourth-order valence-corrected chi connectivity index (χ4v) is 2.66. The maximum absolute atomic E-state index is 11.7. The Morgan fingerprint density at radius 2 is 2.19 bits per heavy atom. The van der Waals surface area contributed by atoms with Crippen molar-refractivity contribution in [3.05, 3.63) is 36.1 Å². The molecule has 3 aromatic rings. The van der Waals surface area contributed by atoms with E-state index < -0.39 is 0 Å². The Labute approximate surface area is 128 Å². The fourth-order valence-electron chi connectivity index (χ4n) is 1.52. The van der Waals surface area contributed by atoms with Crippen LogP contribution in [-0.2, 0) is 4.79 Å². The van der Waals surface area contributed by atoms with Crippen LogP contribution in [0.2, 0.25) is 0 Å². The number of thiazole rings is 1. The van der Waals surface area contributed by atoms with E-state index in [4.69, 9.17) is 0 Å². The predicted molar refractivity (Wildman–Crippen MR) is 81.1 cm³/mol. The highest BCUT2D eigenvalue weighted by molar-refractivity contribution is 7.99. The molecule has 0 aliphatic heterocycles. The lowest BCUT2D eigenvalue weighted by molar-refractivity contribution is -0.113. The van der Waals surface area contributed by atoms with Crippen molar-refractivity contribution in [1.29, 1.82) is 0 Å². The molecule has 0 aliphatic carbocycles. The number of hydrogen-bond acceptors (Lipinski definition) is 7. The monoisotopic (exact) mass is 318 g/mol. The number of carbonyl (C=O) groups excluding carboxylic acids is 1. The molecule has 3 aromatic heterocycles. The highest BCUT2D eigenvalue weighted by atomic mass is 32.2. The average molecular weight is 318 g/mol. The Morgan fingerprint density at radius 1 is 1.33 bits per heavy atom. The molecule has 106 valence electrons. The smallest absolute Gasteiger partial charge is 0.236 e. The number of amides is 1. The zero-order chi connectivity index (χ0) is 14.5. The molecule has 0 radical (unpaired) electrons. The molecule has 3 heterocycles. The van der Waals surface area contributed by atoms with Crippen LogP contribution in [0.4, 0.5) is 5.13 Å². The number of nitrogens with zero attached hydrogens (tertiary/aromatic N) is 4. The van der Waals surface area contributed by atoms with Crippen LogP contribution in [0.5, 0.6) is 0 Å². The van der Waals surface area contributed by atoms with Crippen LogP contribution in [-0.4, -0.2) is 36.8 Å². The van der Waals surface area contributed by atoms with E-state index in [0.717, 1.165) is 5.56 Å². The Kier molecular flexibility index (Phi) is 4.22. The highest BCUT2D eigenvalue weighted by Crippen LogP contribution is 2.19. The van der Waals surface area contributed by atoms with Gasteiger partial charge in [-0.2, -0.15) is 0 Å². The van der Waals surface area contributed by atoms with Gasteiger partial charge in [-0.3, -0.25) is 14.9 Å². The summed E-state index contributed by atoms with van der Waals surface area (Å²) >= 11 is 2.64. The summed E-state index contributed by atoms with van der Waals surface area (Å²) in [7, 11) is 0. The Morgan fingerprint density at radius 3 is 2.95 bits per heavy atom. The number of H-pyrrole nitrogens is 1. The van der Waals surface area contributed by atoms with E-state index in [0.29, 0.717) is 16.1 Å². The van der Waals surface area contributed by atoms with Gasteiger partial charge in [0.1, 0.15) is 0 Å². The summed E-state index contributed by atoms with van der Waals surface area (Å²) in [6, 6.07) is 3.67. The summed E-state index contributed by atoms with van der Waals surface area (Å²) in [4.78, 5) is 24.0. The van der Waals surface area contributed by atoms with E-state index in [1.807, 2.05) is 12.1 Å². The number of aromatic nitrogens is 5. The topological polar surface area (TPSA) is 96.5 Å². The summed E-state index contributed by atoms with van der Waals surface area (Å²) < 4.78 is 0. The van der Waals surface area contributed by atoms with Gasteiger partial charge in [-0.05, 0) is 12.1 Å². The number of carbonyl (C=O) groups is 1. The lowest BCUT2D eigenvalue weighted by Crippen LogP contribution is -2.13. The zero-order valence-electron chi connectivity index (χ0n) is 10.7. The minimum Gasteiger partial charge on any atom is -0.301 e. The Bertz CT molecular complexity index is 712. The number of nitrogens with one attached hydrogen (secondary N) is 2. The van der Waals surface area contributed by atoms with Crippen molar-refractivity contribution in [3.63, 3.8) is 0 Å². The molecule has 7 nitrogen and oxygen atoms in total. The van der Waals surface area contributed by atoms with Crippen molar-refractivity contribution in [1.82, 2.24) is 25.1 Å². The summed E-state index contributed by atoms with van der Waals surface area (Å²) in [6.45, 7) is 0. The van der Waals surface area contributed by atoms with Crippen molar-refractivity contribution in [2.24, 2.45) is 0 Å². The number of rotatable bonds is 5. The average Bonchev–Trinajstić information content (AvgIpc) is 3.17. The molecule has 0 aliphatic rings. The number of pyridine rings is 1. The van der Waals surface area contributed by atoms with Gasteiger partial charge in [-0.15, -0.1) is 16.4 Å². The molecular formula is C12H10N6OS2. The lowest BCUT2D eigenvalue weighted by Gasteiger charge is -1.98. The maximum atomic E-state index is 11.7. The first-order chi connectivity index (χ1) is 10.3. The van der Waals surface area contributed by atoms with E-state index >= 15 is 0 Å². The van der Waals surface area contributed by atoms with Crippen molar-refractivity contribution >= 4 is 34.1 Å². The van der Waals surface area contributed by atoms with Gasteiger partial charge in [-0.1, -0.05) is 11.8 Å². The van der Waals surface area contributed by atoms with Crippen molar-refractivity contribution in [2.75, 3.05) is 11.1 Å². The first-order valence-corrected chi connectivity index (χ1v) is 7.83. The summed E-state index contributed by atoms with van der Waals surface area (Å²) in [5, 5.41) is 12.5. The molecule has 0 saturated carbocycles. The van der Waals surface area contributed by atoms with Gasteiger partial charge in [0.25, 0.3) is 0 Å². The SMILES string of the molecule is O=C(CSc1n[nH]c(-c2ccncc2)n1)Nc1nccs1. The molecule has 0 atom stereocenters. The van der Waals surface area contributed by atoms with Crippen LogP contribution in [0.15, 0.2) is 41.3 Å². The van der Waals surface area contributed by atoms with E-state index in [-0.39, 0.29) is 11.7 Å². The van der Waals surface area contributed by atoms with Gasteiger partial charge in [0, 0.05) is 29.5 Å². The van der Waals surface area contributed by atoms with Crippen LogP contribution in [0, 0.1) is 0 Å². The largest absolute Gasteiger partial charge is 0.301 e. The van der Waals surface area contributed by atoms with Gasteiger partial charge in [-0.25, -0.2) is 9.97 Å². The third-order valence-electron chi connectivity index (χ3n) is 2.43. The predicted octanol–water partition coefficient (Wildman–Crippen LogP) is 2.05. The van der Waals surface area contributed by atoms with Gasteiger partial charge >= 0.3 is 0 Å². The number of thioether (sulfide) groups is 1. The van der Waals surface area contributed by atoms with Crippen molar-refractivity contribution in [3.8, 4) is 11.4 Å².